The van der Waals surface area contributed by atoms with Crippen LogP contribution in [0.3, 0.4) is 0 Å². The molecule has 0 spiro atoms. The Hall–Kier alpha value is -1.54. The molecule has 2 rings (SSSR count). The summed E-state index contributed by atoms with van der Waals surface area (Å²) in [5, 5.41) is 10.2. The lowest BCUT2D eigenvalue weighted by Crippen LogP contribution is -1.87. The number of hydrogen-bond acceptors (Lipinski definition) is 1. The number of aromatic nitrogens is 1. The number of hydrogen-bond donors (Lipinski definition) is 2. The SMILES string of the molecule is C/C(=C\Cc1cccc2[nH]ccc12)CO. The number of aliphatic hydroxyl groups is 1. The number of fused-ring (bicyclic) bond motifs is 1. The van der Waals surface area contributed by atoms with Crippen LogP contribution in [-0.4, -0.2) is 16.7 Å². The fourth-order valence-electron chi connectivity index (χ4n) is 1.68. The zero-order valence-corrected chi connectivity index (χ0v) is 8.83. The normalized spacial score (nSPS) is 12.3. The number of H-pyrrole nitrogens is 1. The number of rotatable bonds is 3. The molecule has 0 aliphatic carbocycles. The van der Waals surface area contributed by atoms with E-state index in [0.29, 0.717) is 0 Å². The molecular weight excluding hydrogens is 186 g/mol. The maximum absolute atomic E-state index is 8.91. The van der Waals surface area contributed by atoms with Gasteiger partial charge >= 0.3 is 0 Å². The van der Waals surface area contributed by atoms with E-state index in [1.54, 1.807) is 0 Å². The first-order chi connectivity index (χ1) is 7.31. The van der Waals surface area contributed by atoms with Crippen LogP contribution in [0, 0.1) is 0 Å². The van der Waals surface area contributed by atoms with Gasteiger partial charge in [-0.15, -0.1) is 0 Å². The third-order valence-corrected chi connectivity index (χ3v) is 2.61. The lowest BCUT2D eigenvalue weighted by atomic mass is 10.1. The van der Waals surface area contributed by atoms with Gasteiger partial charge in [-0.3, -0.25) is 0 Å². The molecule has 0 bridgehead atoms. The van der Waals surface area contributed by atoms with E-state index >= 15 is 0 Å². The van der Waals surface area contributed by atoms with Gasteiger partial charge in [0, 0.05) is 17.1 Å². The van der Waals surface area contributed by atoms with E-state index in [1.807, 2.05) is 13.1 Å². The minimum Gasteiger partial charge on any atom is -0.392 e. The van der Waals surface area contributed by atoms with E-state index in [2.05, 4.69) is 35.3 Å². The molecule has 0 aliphatic heterocycles. The predicted octanol–water partition coefficient (Wildman–Crippen LogP) is 2.65. The molecule has 15 heavy (non-hydrogen) atoms. The molecule has 2 N–H and O–H groups in total. The third-order valence-electron chi connectivity index (χ3n) is 2.61. The maximum Gasteiger partial charge on any atom is 0.0639 e. The molecular formula is C13H15NO. The Bertz CT molecular complexity index is 482. The topological polar surface area (TPSA) is 36.0 Å². The molecule has 2 aromatic rings. The summed E-state index contributed by atoms with van der Waals surface area (Å²) in [5.41, 5.74) is 3.48. The van der Waals surface area contributed by atoms with Crippen LogP contribution in [0.5, 0.6) is 0 Å². The molecule has 0 saturated heterocycles. The number of aliphatic hydroxyl groups excluding tert-OH is 1. The summed E-state index contributed by atoms with van der Waals surface area (Å²) in [7, 11) is 0. The van der Waals surface area contributed by atoms with Gasteiger partial charge in [0.15, 0.2) is 0 Å². The molecule has 0 aliphatic rings. The van der Waals surface area contributed by atoms with Gasteiger partial charge < -0.3 is 10.1 Å². The lowest BCUT2D eigenvalue weighted by molar-refractivity contribution is 0.331. The smallest absolute Gasteiger partial charge is 0.0639 e. The molecule has 0 atom stereocenters. The van der Waals surface area contributed by atoms with E-state index in [-0.39, 0.29) is 6.61 Å². The van der Waals surface area contributed by atoms with Crippen LogP contribution in [0.1, 0.15) is 12.5 Å². The second-order valence-corrected chi connectivity index (χ2v) is 3.77. The summed E-state index contributed by atoms with van der Waals surface area (Å²) in [5.74, 6) is 0. The molecule has 1 heterocycles. The van der Waals surface area contributed by atoms with Gasteiger partial charge in [0.25, 0.3) is 0 Å². The van der Waals surface area contributed by atoms with Gasteiger partial charge in [0.1, 0.15) is 0 Å². The van der Waals surface area contributed by atoms with Crippen LogP contribution in [0.2, 0.25) is 0 Å². The average Bonchev–Trinajstić information content (AvgIpc) is 2.74. The van der Waals surface area contributed by atoms with Crippen molar-refractivity contribution in [2.45, 2.75) is 13.3 Å². The molecule has 0 unspecified atom stereocenters. The van der Waals surface area contributed by atoms with Crippen LogP contribution < -0.4 is 0 Å². The fraction of sp³-hybridized carbons (Fsp3) is 0.231. The highest BCUT2D eigenvalue weighted by atomic mass is 16.3. The second kappa shape index (κ2) is 4.32. The summed E-state index contributed by atoms with van der Waals surface area (Å²) in [4.78, 5) is 3.19. The van der Waals surface area contributed by atoms with E-state index in [0.717, 1.165) is 12.0 Å². The molecule has 78 valence electrons. The second-order valence-electron chi connectivity index (χ2n) is 3.77. The van der Waals surface area contributed by atoms with Gasteiger partial charge in [-0.25, -0.2) is 0 Å². The van der Waals surface area contributed by atoms with Crippen molar-refractivity contribution in [3.63, 3.8) is 0 Å². The Morgan fingerprint density at radius 1 is 1.40 bits per heavy atom. The van der Waals surface area contributed by atoms with Crippen LogP contribution in [0.4, 0.5) is 0 Å². The van der Waals surface area contributed by atoms with E-state index in [9.17, 15) is 0 Å². The lowest BCUT2D eigenvalue weighted by Gasteiger charge is -2.00. The highest BCUT2D eigenvalue weighted by Crippen LogP contribution is 2.18. The first kappa shape index (κ1) is 9.99. The summed E-state index contributed by atoms with van der Waals surface area (Å²) in [6.45, 7) is 2.08. The zero-order valence-electron chi connectivity index (χ0n) is 8.83. The number of nitrogens with one attached hydrogen (secondary N) is 1. The Morgan fingerprint density at radius 3 is 3.07 bits per heavy atom. The largest absolute Gasteiger partial charge is 0.392 e. The minimum absolute atomic E-state index is 0.142. The highest BCUT2D eigenvalue weighted by molar-refractivity contribution is 5.83. The zero-order chi connectivity index (χ0) is 10.7. The van der Waals surface area contributed by atoms with Crippen molar-refractivity contribution in [3.8, 4) is 0 Å². The standard InChI is InChI=1S/C13H15NO/c1-10(9-15)5-6-11-3-2-4-13-12(11)7-8-14-13/h2-5,7-8,14-15H,6,9H2,1H3/b10-5+. The minimum atomic E-state index is 0.142. The monoisotopic (exact) mass is 201 g/mol. The number of aromatic amines is 1. The van der Waals surface area contributed by atoms with Crippen LogP contribution >= 0.6 is 0 Å². The van der Waals surface area contributed by atoms with E-state index < -0.39 is 0 Å². The van der Waals surface area contributed by atoms with Crippen LogP contribution in [0.15, 0.2) is 42.1 Å². The van der Waals surface area contributed by atoms with Crippen molar-refractivity contribution in [3.05, 3.63) is 47.7 Å². The first-order valence-corrected chi connectivity index (χ1v) is 5.12. The van der Waals surface area contributed by atoms with E-state index in [4.69, 9.17) is 5.11 Å². The van der Waals surface area contributed by atoms with Crippen molar-refractivity contribution in [2.24, 2.45) is 0 Å². The number of benzene rings is 1. The summed E-state index contributed by atoms with van der Waals surface area (Å²) >= 11 is 0. The summed E-state index contributed by atoms with van der Waals surface area (Å²) < 4.78 is 0. The van der Waals surface area contributed by atoms with Crippen molar-refractivity contribution < 1.29 is 5.11 Å². The average molecular weight is 201 g/mol. The van der Waals surface area contributed by atoms with Gasteiger partial charge in [-0.1, -0.05) is 23.8 Å². The Balaban J connectivity index is 2.31. The highest BCUT2D eigenvalue weighted by Gasteiger charge is 1.99. The van der Waals surface area contributed by atoms with Gasteiger partial charge in [-0.2, -0.15) is 0 Å². The predicted molar refractivity (Wildman–Crippen MR) is 62.8 cm³/mol. The Kier molecular flexibility index (Phi) is 2.88. The fourth-order valence-corrected chi connectivity index (χ4v) is 1.68. The van der Waals surface area contributed by atoms with Gasteiger partial charge in [0.05, 0.1) is 6.61 Å². The molecule has 0 saturated carbocycles. The molecule has 1 aromatic carbocycles. The number of allylic oxidation sites excluding steroid dienone is 1. The Morgan fingerprint density at radius 2 is 2.27 bits per heavy atom. The first-order valence-electron chi connectivity index (χ1n) is 5.12. The van der Waals surface area contributed by atoms with Crippen LogP contribution in [-0.2, 0) is 6.42 Å². The molecule has 0 fully saturated rings. The van der Waals surface area contributed by atoms with Gasteiger partial charge in [-0.05, 0) is 31.0 Å². The van der Waals surface area contributed by atoms with Crippen molar-refractivity contribution in [1.82, 2.24) is 4.98 Å². The van der Waals surface area contributed by atoms with Crippen molar-refractivity contribution in [1.29, 1.82) is 0 Å². The summed E-state index contributed by atoms with van der Waals surface area (Å²) in [6, 6.07) is 8.34. The molecule has 2 heteroatoms. The van der Waals surface area contributed by atoms with Crippen molar-refractivity contribution in [2.75, 3.05) is 6.61 Å². The molecule has 1 aromatic heterocycles. The molecule has 2 nitrogen and oxygen atoms in total. The summed E-state index contributed by atoms with van der Waals surface area (Å²) in [6.07, 6.45) is 4.90. The van der Waals surface area contributed by atoms with Crippen molar-refractivity contribution >= 4 is 10.9 Å². The van der Waals surface area contributed by atoms with Gasteiger partial charge in [0.2, 0.25) is 0 Å². The molecule has 0 amide bonds. The Labute approximate surface area is 89.3 Å². The quantitative estimate of drug-likeness (QED) is 0.736. The van der Waals surface area contributed by atoms with E-state index in [1.165, 1.54) is 16.5 Å². The maximum atomic E-state index is 8.91. The third kappa shape index (κ3) is 2.10. The van der Waals surface area contributed by atoms with Crippen LogP contribution in [0.25, 0.3) is 10.9 Å². The molecule has 0 radical (unpaired) electrons.